The Morgan fingerprint density at radius 2 is 0.887 bits per heavy atom. The van der Waals surface area contributed by atoms with Gasteiger partial charge in [-0.1, -0.05) is 197 Å². The summed E-state index contributed by atoms with van der Waals surface area (Å²) in [6, 6.07) is 93.1. The largest absolute Gasteiger partial charge is 0.310 e. The summed E-state index contributed by atoms with van der Waals surface area (Å²) in [7, 11) is 0. The van der Waals surface area contributed by atoms with Crippen LogP contribution in [-0.4, -0.2) is 4.57 Å². The molecule has 0 bridgehead atoms. The molecule has 71 heavy (non-hydrogen) atoms. The maximum atomic E-state index is 2.56. The van der Waals surface area contributed by atoms with Crippen LogP contribution >= 0.6 is 0 Å². The average Bonchev–Trinajstić information content (AvgIpc) is 4.03. The van der Waals surface area contributed by atoms with Crippen molar-refractivity contribution in [2.24, 2.45) is 0 Å². The number of fused-ring (bicyclic) bond motifs is 14. The molecule has 0 unspecified atom stereocenters. The van der Waals surface area contributed by atoms with Crippen molar-refractivity contribution in [2.45, 2.75) is 31.6 Å². The summed E-state index contributed by atoms with van der Waals surface area (Å²) in [4.78, 5) is 2.52. The summed E-state index contributed by atoms with van der Waals surface area (Å²) in [6.45, 7) is 6.88. The summed E-state index contributed by atoms with van der Waals surface area (Å²) >= 11 is 0. The average molecular weight is 907 g/mol. The molecule has 2 nitrogen and oxygen atoms in total. The highest BCUT2D eigenvalue weighted by Crippen LogP contribution is 2.64. The van der Waals surface area contributed by atoms with Crippen molar-refractivity contribution >= 4 is 49.6 Å². The van der Waals surface area contributed by atoms with E-state index in [2.05, 4.69) is 279 Å². The Bertz CT molecular complexity index is 4030. The molecule has 12 aromatic rings. The number of nitrogens with zero attached hydrogens (tertiary/aromatic N) is 2. The highest BCUT2D eigenvalue weighted by molar-refractivity contribution is 6.10. The lowest BCUT2D eigenvalue weighted by molar-refractivity contribution is 0.590. The third-order valence-electron chi connectivity index (χ3n) is 15.6. The second kappa shape index (κ2) is 15.7. The SMILES string of the molecule is CC(C)(C)c1ccc(N(c2ccc(-c3ccc4c(c3)c3ccccc3n4-c3ccccc3)cc2)c2cc3c(cc2-c2ccc4ccccc4c2)-c2ccccc2C32c3ccccc3-c3ccccc32)cc1. The Morgan fingerprint density at radius 3 is 1.56 bits per heavy atom. The molecule has 11 aromatic carbocycles. The van der Waals surface area contributed by atoms with Crippen LogP contribution in [0.15, 0.2) is 249 Å². The minimum absolute atomic E-state index is 0.00471. The Kier molecular flexibility index (Phi) is 9.10. The van der Waals surface area contributed by atoms with Crippen LogP contribution < -0.4 is 4.90 Å². The van der Waals surface area contributed by atoms with Crippen molar-refractivity contribution in [2.75, 3.05) is 4.90 Å². The lowest BCUT2D eigenvalue weighted by Gasteiger charge is -2.33. The Morgan fingerprint density at radius 1 is 0.352 bits per heavy atom. The molecule has 0 atom stereocenters. The summed E-state index contributed by atoms with van der Waals surface area (Å²) in [5.74, 6) is 0. The highest BCUT2D eigenvalue weighted by atomic mass is 15.1. The van der Waals surface area contributed by atoms with Gasteiger partial charge in [-0.15, -0.1) is 0 Å². The Balaban J connectivity index is 1.01. The van der Waals surface area contributed by atoms with Gasteiger partial charge >= 0.3 is 0 Å². The van der Waals surface area contributed by atoms with Gasteiger partial charge in [0.1, 0.15) is 0 Å². The van der Waals surface area contributed by atoms with E-state index in [-0.39, 0.29) is 5.41 Å². The van der Waals surface area contributed by atoms with Crippen LogP contribution in [0.25, 0.3) is 82.8 Å². The molecule has 2 aliphatic rings. The van der Waals surface area contributed by atoms with Gasteiger partial charge in [-0.3, -0.25) is 0 Å². The van der Waals surface area contributed by atoms with Crippen LogP contribution in [-0.2, 0) is 10.8 Å². The molecule has 0 amide bonds. The van der Waals surface area contributed by atoms with Crippen molar-refractivity contribution < 1.29 is 0 Å². The number of hydrogen-bond donors (Lipinski definition) is 0. The Labute approximate surface area is 415 Å². The van der Waals surface area contributed by atoms with Gasteiger partial charge in [0.05, 0.1) is 22.1 Å². The number of benzene rings is 11. The molecule has 1 aromatic heterocycles. The van der Waals surface area contributed by atoms with Gasteiger partial charge in [0.25, 0.3) is 0 Å². The summed E-state index contributed by atoms with van der Waals surface area (Å²) < 4.78 is 2.38. The van der Waals surface area contributed by atoms with E-state index in [1.807, 2.05) is 0 Å². The maximum Gasteiger partial charge on any atom is 0.0726 e. The third-order valence-corrected chi connectivity index (χ3v) is 15.6. The van der Waals surface area contributed by atoms with Crippen LogP contribution in [0.5, 0.6) is 0 Å². The van der Waals surface area contributed by atoms with Gasteiger partial charge in [-0.2, -0.15) is 0 Å². The number of anilines is 3. The van der Waals surface area contributed by atoms with E-state index in [1.165, 1.54) is 105 Å². The molecule has 0 fully saturated rings. The zero-order valence-corrected chi connectivity index (χ0v) is 40.1. The zero-order chi connectivity index (χ0) is 47.4. The lowest BCUT2D eigenvalue weighted by Crippen LogP contribution is -2.26. The monoisotopic (exact) mass is 906 g/mol. The fourth-order valence-electron chi connectivity index (χ4n) is 12.2. The van der Waals surface area contributed by atoms with E-state index < -0.39 is 5.41 Å². The zero-order valence-electron chi connectivity index (χ0n) is 40.1. The molecule has 1 spiro atoms. The van der Waals surface area contributed by atoms with Crippen LogP contribution in [0, 0.1) is 0 Å². The molecule has 2 heteroatoms. The van der Waals surface area contributed by atoms with Crippen LogP contribution in [0.3, 0.4) is 0 Å². The van der Waals surface area contributed by atoms with Crippen molar-refractivity contribution in [3.8, 4) is 50.2 Å². The summed E-state index contributed by atoms with van der Waals surface area (Å²) in [5.41, 5.74) is 23.0. The normalized spacial score (nSPS) is 13.1. The first kappa shape index (κ1) is 41.3. The van der Waals surface area contributed by atoms with Crippen LogP contribution in [0.2, 0.25) is 0 Å². The van der Waals surface area contributed by atoms with Crippen molar-refractivity contribution in [1.82, 2.24) is 4.57 Å². The molecular weight excluding hydrogens is 857 g/mol. The number of rotatable bonds is 6. The predicted molar refractivity (Wildman–Crippen MR) is 299 cm³/mol. The van der Waals surface area contributed by atoms with E-state index in [0.717, 1.165) is 22.7 Å². The fraction of sp³-hybridized carbons (Fsp3) is 0.0725. The molecule has 1 heterocycles. The third kappa shape index (κ3) is 6.21. The first-order chi connectivity index (χ1) is 34.8. The molecule has 0 aliphatic heterocycles. The molecule has 0 saturated carbocycles. The molecule has 336 valence electrons. The second-order valence-electron chi connectivity index (χ2n) is 20.5. The second-order valence-corrected chi connectivity index (χ2v) is 20.5. The van der Waals surface area contributed by atoms with E-state index in [9.17, 15) is 0 Å². The minimum Gasteiger partial charge on any atom is -0.310 e. The van der Waals surface area contributed by atoms with E-state index in [4.69, 9.17) is 0 Å². The van der Waals surface area contributed by atoms with Gasteiger partial charge in [0.2, 0.25) is 0 Å². The minimum atomic E-state index is -0.496. The summed E-state index contributed by atoms with van der Waals surface area (Å²) in [5, 5.41) is 4.95. The van der Waals surface area contributed by atoms with Gasteiger partial charge in [-0.25, -0.2) is 0 Å². The van der Waals surface area contributed by atoms with Crippen molar-refractivity contribution in [3.63, 3.8) is 0 Å². The highest BCUT2D eigenvalue weighted by Gasteiger charge is 2.52. The topological polar surface area (TPSA) is 8.17 Å². The van der Waals surface area contributed by atoms with E-state index >= 15 is 0 Å². The van der Waals surface area contributed by atoms with Gasteiger partial charge in [0, 0.05) is 33.4 Å². The van der Waals surface area contributed by atoms with Crippen LogP contribution in [0.1, 0.15) is 48.6 Å². The first-order valence-corrected chi connectivity index (χ1v) is 24.9. The number of para-hydroxylation sites is 2. The quantitative estimate of drug-likeness (QED) is 0.161. The standard InChI is InChI=1S/C69H50N2/c1-68(2,3)50-34-38-53(39-35-50)70(52-36-31-46(32-37-52)48-33-40-66-60(42-48)57-24-12-16-28-65(57)71(66)51-19-5-4-6-20-51)67-44-64-59(43-58(67)49-30-29-45-17-7-8-18-47(45)41-49)56-23-11-15-27-63(56)69(64)61-25-13-9-21-54(61)55-22-10-14-26-62(55)69/h4-44H,1-3H3. The smallest absolute Gasteiger partial charge is 0.0726 e. The fourth-order valence-corrected chi connectivity index (χ4v) is 12.2. The molecule has 2 aliphatic carbocycles. The molecule has 0 radical (unpaired) electrons. The lowest BCUT2D eigenvalue weighted by atomic mass is 9.70. The Hall–Kier alpha value is -8.72. The molecule has 0 saturated heterocycles. The van der Waals surface area contributed by atoms with Crippen molar-refractivity contribution in [1.29, 1.82) is 0 Å². The number of aromatic nitrogens is 1. The predicted octanol–water partition coefficient (Wildman–Crippen LogP) is 18.4. The van der Waals surface area contributed by atoms with Gasteiger partial charge < -0.3 is 9.47 Å². The molecule has 14 rings (SSSR count). The van der Waals surface area contributed by atoms with Gasteiger partial charge in [0.15, 0.2) is 0 Å². The number of hydrogen-bond acceptors (Lipinski definition) is 1. The van der Waals surface area contributed by atoms with Crippen molar-refractivity contribution in [3.05, 3.63) is 277 Å². The van der Waals surface area contributed by atoms with E-state index in [0.29, 0.717) is 0 Å². The van der Waals surface area contributed by atoms with E-state index in [1.54, 1.807) is 0 Å². The van der Waals surface area contributed by atoms with Crippen LogP contribution in [0.4, 0.5) is 17.1 Å². The molecule has 0 N–H and O–H groups in total. The van der Waals surface area contributed by atoms with Gasteiger partial charge in [-0.05, 0) is 156 Å². The molecular formula is C69H50N2. The first-order valence-electron chi connectivity index (χ1n) is 24.9. The maximum absolute atomic E-state index is 2.56. The summed E-state index contributed by atoms with van der Waals surface area (Å²) in [6.07, 6.45) is 0.